The third-order valence-corrected chi connectivity index (χ3v) is 3.77. The van der Waals surface area contributed by atoms with Crippen LogP contribution in [0, 0.1) is 6.92 Å². The maximum absolute atomic E-state index is 11.5. The molecule has 2 rings (SSSR count). The number of esters is 1. The number of ether oxygens (including phenoxy) is 1. The predicted octanol–water partition coefficient (Wildman–Crippen LogP) is 2.30. The van der Waals surface area contributed by atoms with Gasteiger partial charge in [-0.15, -0.1) is 0 Å². The van der Waals surface area contributed by atoms with E-state index >= 15 is 0 Å². The van der Waals surface area contributed by atoms with Gasteiger partial charge in [-0.3, -0.25) is 0 Å². The molecule has 0 atom stereocenters. The highest BCUT2D eigenvalue weighted by molar-refractivity contribution is 5.88. The van der Waals surface area contributed by atoms with Crippen molar-refractivity contribution in [2.45, 2.75) is 52.0 Å². The molecule has 1 aromatic heterocycles. The van der Waals surface area contributed by atoms with Crippen LogP contribution in [0.3, 0.4) is 0 Å². The summed E-state index contributed by atoms with van der Waals surface area (Å²) in [5.74, 6) is 0.559. The van der Waals surface area contributed by atoms with E-state index in [-0.39, 0.29) is 11.9 Å². The highest BCUT2D eigenvalue weighted by Crippen LogP contribution is 2.25. The molecule has 0 radical (unpaired) electrons. The standard InChI is InChI=1S/C16H24N4O2.CH4O/c1-3-22-14(21)10-9-13-11(2)18-16(17)20-15(13)19-12-7-5-4-6-8-12;1-2/h9-10,12H,3-8H2,1-2H3,(H3,17,18,19,20);2H,1H3/b10-9+;. The summed E-state index contributed by atoms with van der Waals surface area (Å²) in [5, 5.41) is 10.5. The SMILES string of the molecule is CCOC(=O)/C=C/c1c(C)nc(N)nc1NC1CCCCC1.CO. The molecule has 24 heavy (non-hydrogen) atoms. The van der Waals surface area contributed by atoms with Crippen molar-refractivity contribution in [3.63, 3.8) is 0 Å². The predicted molar refractivity (Wildman–Crippen MR) is 95.5 cm³/mol. The van der Waals surface area contributed by atoms with E-state index in [4.69, 9.17) is 15.6 Å². The fourth-order valence-electron chi connectivity index (χ4n) is 2.69. The summed E-state index contributed by atoms with van der Waals surface area (Å²) in [6.45, 7) is 3.99. The van der Waals surface area contributed by atoms with Crippen LogP contribution in [0.4, 0.5) is 11.8 Å². The molecule has 0 amide bonds. The number of nitrogen functional groups attached to an aromatic ring is 1. The Bertz CT molecular complexity index is 555. The van der Waals surface area contributed by atoms with E-state index in [0.717, 1.165) is 31.2 Å². The molecule has 0 aliphatic heterocycles. The number of carbonyl (C=O) groups excluding carboxylic acids is 1. The van der Waals surface area contributed by atoms with E-state index in [1.165, 1.54) is 25.3 Å². The number of hydrogen-bond donors (Lipinski definition) is 3. The first-order valence-electron chi connectivity index (χ1n) is 8.30. The van der Waals surface area contributed by atoms with Gasteiger partial charge in [0.2, 0.25) is 5.95 Å². The Morgan fingerprint density at radius 3 is 2.62 bits per heavy atom. The lowest BCUT2D eigenvalue weighted by Gasteiger charge is -2.24. The summed E-state index contributed by atoms with van der Waals surface area (Å²) in [6.07, 6.45) is 9.10. The molecule has 1 aliphatic rings. The van der Waals surface area contributed by atoms with Gasteiger partial charge in [0.05, 0.1) is 12.3 Å². The van der Waals surface area contributed by atoms with Gasteiger partial charge in [-0.2, -0.15) is 4.98 Å². The van der Waals surface area contributed by atoms with Gasteiger partial charge in [-0.1, -0.05) is 19.3 Å². The second-order valence-corrected chi connectivity index (χ2v) is 5.49. The molecule has 1 fully saturated rings. The number of nitrogens with one attached hydrogen (secondary N) is 1. The number of aryl methyl sites for hydroxylation is 1. The summed E-state index contributed by atoms with van der Waals surface area (Å²) in [5.41, 5.74) is 7.29. The molecule has 1 aromatic rings. The largest absolute Gasteiger partial charge is 0.463 e. The van der Waals surface area contributed by atoms with E-state index in [1.807, 2.05) is 6.92 Å². The van der Waals surface area contributed by atoms with Crippen LogP contribution in [0.1, 0.15) is 50.3 Å². The molecule has 134 valence electrons. The van der Waals surface area contributed by atoms with Crippen molar-refractivity contribution < 1.29 is 14.6 Å². The lowest BCUT2D eigenvalue weighted by molar-refractivity contribution is -0.137. The smallest absolute Gasteiger partial charge is 0.330 e. The molecular formula is C17H28N4O3. The summed E-state index contributed by atoms with van der Waals surface area (Å²) < 4.78 is 4.91. The van der Waals surface area contributed by atoms with Crippen LogP contribution in [0.25, 0.3) is 6.08 Å². The summed E-state index contributed by atoms with van der Waals surface area (Å²) >= 11 is 0. The molecule has 1 heterocycles. The molecule has 0 aromatic carbocycles. The van der Waals surface area contributed by atoms with E-state index in [9.17, 15) is 4.79 Å². The zero-order chi connectivity index (χ0) is 17.9. The Morgan fingerprint density at radius 2 is 2.00 bits per heavy atom. The zero-order valence-electron chi connectivity index (χ0n) is 14.7. The number of aliphatic hydroxyl groups is 1. The lowest BCUT2D eigenvalue weighted by Crippen LogP contribution is -2.24. The van der Waals surface area contributed by atoms with Crippen molar-refractivity contribution in [2.24, 2.45) is 0 Å². The number of rotatable bonds is 5. The topological polar surface area (TPSA) is 110 Å². The Labute approximate surface area is 143 Å². The number of carbonyl (C=O) groups is 1. The average molecular weight is 336 g/mol. The van der Waals surface area contributed by atoms with Crippen LogP contribution in [0.15, 0.2) is 6.08 Å². The average Bonchev–Trinajstić information content (AvgIpc) is 2.57. The fourth-order valence-corrected chi connectivity index (χ4v) is 2.69. The third-order valence-electron chi connectivity index (χ3n) is 3.77. The van der Waals surface area contributed by atoms with Crippen LogP contribution in [-0.4, -0.2) is 40.8 Å². The number of nitrogens with two attached hydrogens (primary N) is 1. The van der Waals surface area contributed by atoms with Gasteiger partial charge in [0, 0.05) is 24.8 Å². The van der Waals surface area contributed by atoms with Crippen molar-refractivity contribution in [3.8, 4) is 0 Å². The van der Waals surface area contributed by atoms with Gasteiger partial charge in [0.1, 0.15) is 5.82 Å². The second kappa shape index (κ2) is 10.6. The Hall–Kier alpha value is -2.15. The minimum absolute atomic E-state index is 0.240. The van der Waals surface area contributed by atoms with Gasteiger partial charge >= 0.3 is 5.97 Å². The van der Waals surface area contributed by atoms with E-state index < -0.39 is 0 Å². The molecule has 0 spiro atoms. The normalized spacial score (nSPS) is 14.8. The van der Waals surface area contributed by atoms with Crippen LogP contribution in [0.2, 0.25) is 0 Å². The molecule has 7 heteroatoms. The summed E-state index contributed by atoms with van der Waals surface area (Å²) in [4.78, 5) is 20.0. The van der Waals surface area contributed by atoms with Crippen molar-refractivity contribution in [1.82, 2.24) is 9.97 Å². The molecular weight excluding hydrogens is 308 g/mol. The van der Waals surface area contributed by atoms with Crippen LogP contribution >= 0.6 is 0 Å². The fraction of sp³-hybridized carbons (Fsp3) is 0.588. The zero-order valence-corrected chi connectivity index (χ0v) is 14.7. The lowest BCUT2D eigenvalue weighted by atomic mass is 9.95. The van der Waals surface area contributed by atoms with Crippen molar-refractivity contribution >= 4 is 23.8 Å². The molecule has 0 bridgehead atoms. The molecule has 1 aliphatic carbocycles. The Balaban J connectivity index is 0.00000139. The number of nitrogens with zero attached hydrogens (tertiary/aromatic N) is 2. The van der Waals surface area contributed by atoms with Crippen molar-refractivity contribution in [3.05, 3.63) is 17.3 Å². The molecule has 7 nitrogen and oxygen atoms in total. The Kier molecular flexibility index (Phi) is 8.78. The maximum Gasteiger partial charge on any atom is 0.330 e. The van der Waals surface area contributed by atoms with Gasteiger partial charge in [0.25, 0.3) is 0 Å². The van der Waals surface area contributed by atoms with Gasteiger partial charge in [0.15, 0.2) is 0 Å². The van der Waals surface area contributed by atoms with Crippen LogP contribution < -0.4 is 11.1 Å². The van der Waals surface area contributed by atoms with E-state index in [1.54, 1.807) is 13.0 Å². The molecule has 4 N–H and O–H groups in total. The first-order chi connectivity index (χ1) is 11.6. The quantitative estimate of drug-likeness (QED) is 0.559. The number of aliphatic hydroxyl groups excluding tert-OH is 1. The van der Waals surface area contributed by atoms with Crippen molar-refractivity contribution in [1.29, 1.82) is 0 Å². The number of hydrogen-bond acceptors (Lipinski definition) is 7. The summed E-state index contributed by atoms with van der Waals surface area (Å²) in [7, 11) is 1.00. The molecule has 0 unspecified atom stereocenters. The molecule has 1 saturated carbocycles. The molecule has 0 saturated heterocycles. The van der Waals surface area contributed by atoms with Gasteiger partial charge in [-0.05, 0) is 32.8 Å². The Morgan fingerprint density at radius 1 is 1.33 bits per heavy atom. The summed E-state index contributed by atoms with van der Waals surface area (Å²) in [6, 6.07) is 0.400. The highest BCUT2D eigenvalue weighted by atomic mass is 16.5. The first-order valence-corrected chi connectivity index (χ1v) is 8.30. The maximum atomic E-state index is 11.5. The van der Waals surface area contributed by atoms with Gasteiger partial charge < -0.3 is 20.9 Å². The van der Waals surface area contributed by atoms with E-state index in [0.29, 0.717) is 18.5 Å². The number of aromatic nitrogens is 2. The van der Waals surface area contributed by atoms with Crippen molar-refractivity contribution in [2.75, 3.05) is 24.8 Å². The minimum Gasteiger partial charge on any atom is -0.463 e. The van der Waals surface area contributed by atoms with Crippen LogP contribution in [-0.2, 0) is 9.53 Å². The number of anilines is 2. The first kappa shape index (κ1) is 19.9. The van der Waals surface area contributed by atoms with Crippen LogP contribution in [0.5, 0.6) is 0 Å². The monoisotopic (exact) mass is 336 g/mol. The van der Waals surface area contributed by atoms with E-state index in [2.05, 4.69) is 15.3 Å². The second-order valence-electron chi connectivity index (χ2n) is 5.49. The highest BCUT2D eigenvalue weighted by Gasteiger charge is 2.16. The third kappa shape index (κ3) is 6.16. The van der Waals surface area contributed by atoms with Gasteiger partial charge in [-0.25, -0.2) is 9.78 Å². The minimum atomic E-state index is -0.373.